The van der Waals surface area contributed by atoms with E-state index in [0.717, 1.165) is 143 Å². The van der Waals surface area contributed by atoms with Crippen molar-refractivity contribution in [2.24, 2.45) is 0 Å². The Morgan fingerprint density at radius 2 is 0.542 bits per heavy atom. The lowest BCUT2D eigenvalue weighted by molar-refractivity contribution is 1.07. The molecule has 8 heterocycles. The maximum absolute atomic E-state index is 5.64. The number of hydrogen-bond donors (Lipinski definition) is 0. The number of hydrogen-bond acceptors (Lipinski definition) is 6. The first-order chi connectivity index (χ1) is 59.5. The predicted molar refractivity (Wildman–Crippen MR) is 492 cm³/mol. The smallest absolute Gasteiger partial charge is 0.166 e. The molecule has 0 spiro atoms. The van der Waals surface area contributed by atoms with Crippen molar-refractivity contribution < 1.29 is 0 Å². The standard InChI is InChI=1S/C110H64N10/c1-3-26-66(27-4-1)105-111-107(113-108(112-105)72-50-49-65-25-7-8-30-69(65)59-72)68-51-54-73(55-52-68)117-93-44-18-15-37-81(93)89-61-101-92(63-98(89)117)86-58-57-75(102-83-39-12-11-34-78(83)80-36-14-21-47-96(80)120(101)104(86)102)71-53-56-74-70(60-71)31-23-43-87(74)109-114-106(67-28-5-2-6-29-67)115-110(116-109)88-40-17-22-48-97(88)118-94-45-19-16-38-82(94)90-62-100-91(64-99(90)118)85-42-24-41-84-77-33-10-9-32-76(77)79-35-13-20-46-95(79)119(100)103(84)85/h1-64H. The number of aromatic nitrogens is 10. The number of para-hydroxylation sites is 6. The van der Waals surface area contributed by atoms with Crippen LogP contribution in [-0.4, -0.2) is 48.2 Å². The molecule has 0 amide bonds. The first-order valence-corrected chi connectivity index (χ1v) is 40.8. The fourth-order valence-corrected chi connectivity index (χ4v) is 19.8. The minimum absolute atomic E-state index is 0.575. The first-order valence-electron chi connectivity index (χ1n) is 40.8. The molecule has 0 radical (unpaired) electrons. The third-order valence-corrected chi connectivity index (χ3v) is 25.1. The Hall–Kier alpha value is -16.3. The zero-order valence-corrected chi connectivity index (χ0v) is 64.4. The van der Waals surface area contributed by atoms with Crippen molar-refractivity contribution >= 4 is 109 Å². The largest absolute Gasteiger partial charge is 0.309 e. The summed E-state index contributed by atoms with van der Waals surface area (Å²) in [5.74, 6) is 3.60. The van der Waals surface area contributed by atoms with Crippen LogP contribution in [0.3, 0.4) is 0 Å². The molecular weight excluding hydrogens is 1460 g/mol. The molecular formula is C110H64N10. The maximum atomic E-state index is 5.64. The highest BCUT2D eigenvalue weighted by Crippen LogP contribution is 2.54. The lowest BCUT2D eigenvalue weighted by Gasteiger charge is -2.16. The average Bonchev–Trinajstić information content (AvgIpc) is 1.54. The molecule has 24 aromatic rings. The maximum Gasteiger partial charge on any atom is 0.166 e. The van der Waals surface area contributed by atoms with E-state index in [1.807, 2.05) is 24.3 Å². The van der Waals surface area contributed by atoms with E-state index in [4.69, 9.17) is 29.9 Å². The summed E-state index contributed by atoms with van der Waals surface area (Å²) < 4.78 is 9.92. The molecule has 0 unspecified atom stereocenters. The van der Waals surface area contributed by atoms with Gasteiger partial charge >= 0.3 is 0 Å². The van der Waals surface area contributed by atoms with Crippen LogP contribution < -0.4 is 0 Å². The Bertz CT molecular complexity index is 8540. The lowest BCUT2D eigenvalue weighted by atomic mass is 9.87. The second-order valence-electron chi connectivity index (χ2n) is 31.6. The molecule has 554 valence electrons. The van der Waals surface area contributed by atoms with Gasteiger partial charge in [0, 0.05) is 104 Å². The SMILES string of the molecule is c1ccc(-c2nc(-c3ccc(-n4c5ccccc5c5cc6c(cc54)c4ccc(-c5ccc7c(-c8nc(-c9ccccc9)nc(-c9ccccc9-n9c%10ccccc%10c%10cc%11c(cc%109)c9cccc%10c9n%11-c9ccccc9-c9ccccc9-%10)n8)cccc7c5)c5c4n6-c4ccccc4-c4ccccc4-5)cc3)nc(-c3ccc4ccccc4c3)n2)cc1. The topological polar surface area (TPSA) is 97.1 Å². The second-order valence-corrected chi connectivity index (χ2v) is 31.6. The van der Waals surface area contributed by atoms with Crippen LogP contribution in [0, 0.1) is 0 Å². The number of rotatable bonds is 9. The normalized spacial score (nSPS) is 12.2. The van der Waals surface area contributed by atoms with Crippen molar-refractivity contribution in [1.82, 2.24) is 48.2 Å². The minimum Gasteiger partial charge on any atom is -0.309 e. The zero-order chi connectivity index (χ0) is 78.4. The van der Waals surface area contributed by atoms with Gasteiger partial charge < -0.3 is 18.3 Å². The van der Waals surface area contributed by atoms with Crippen molar-refractivity contribution in [2.45, 2.75) is 0 Å². The van der Waals surface area contributed by atoms with Gasteiger partial charge in [0.25, 0.3) is 0 Å². The highest BCUT2D eigenvalue weighted by atomic mass is 15.1. The summed E-state index contributed by atoms with van der Waals surface area (Å²) in [6.45, 7) is 0. The van der Waals surface area contributed by atoms with Gasteiger partial charge in [-0.3, -0.25) is 0 Å². The van der Waals surface area contributed by atoms with Crippen LogP contribution in [0.15, 0.2) is 388 Å². The summed E-state index contributed by atoms with van der Waals surface area (Å²) in [6.07, 6.45) is 0. The molecule has 6 aromatic heterocycles. The van der Waals surface area contributed by atoms with Gasteiger partial charge in [-0.1, -0.05) is 291 Å². The van der Waals surface area contributed by atoms with E-state index in [1.165, 1.54) is 77.3 Å². The van der Waals surface area contributed by atoms with Crippen LogP contribution >= 0.6 is 0 Å². The van der Waals surface area contributed by atoms with Crippen LogP contribution in [0.5, 0.6) is 0 Å². The molecule has 0 N–H and O–H groups in total. The van der Waals surface area contributed by atoms with Crippen LogP contribution in [0.1, 0.15) is 0 Å². The molecule has 120 heavy (non-hydrogen) atoms. The van der Waals surface area contributed by atoms with Crippen molar-refractivity contribution in [3.05, 3.63) is 388 Å². The third-order valence-electron chi connectivity index (χ3n) is 25.1. The summed E-state index contributed by atoms with van der Waals surface area (Å²) in [4.78, 5) is 32.0. The molecule has 18 aromatic carbocycles. The van der Waals surface area contributed by atoms with E-state index in [0.29, 0.717) is 34.9 Å². The molecule has 0 atom stereocenters. The molecule has 10 heteroatoms. The summed E-state index contributed by atoms with van der Waals surface area (Å²) in [7, 11) is 0. The van der Waals surface area contributed by atoms with Crippen molar-refractivity contribution in [3.8, 4) is 147 Å². The first kappa shape index (κ1) is 66.0. The molecule has 0 fully saturated rings. The van der Waals surface area contributed by atoms with Gasteiger partial charge in [0.1, 0.15) is 0 Å². The number of nitrogens with zero attached hydrogens (tertiary/aromatic N) is 10. The van der Waals surface area contributed by atoms with Crippen LogP contribution in [0.2, 0.25) is 0 Å². The van der Waals surface area contributed by atoms with Gasteiger partial charge in [0.2, 0.25) is 0 Å². The van der Waals surface area contributed by atoms with E-state index in [9.17, 15) is 0 Å². The van der Waals surface area contributed by atoms with Crippen molar-refractivity contribution in [3.63, 3.8) is 0 Å². The van der Waals surface area contributed by atoms with Gasteiger partial charge in [-0.2, -0.15) is 0 Å². The summed E-state index contributed by atoms with van der Waals surface area (Å²) in [6, 6.07) is 141. The van der Waals surface area contributed by atoms with E-state index in [1.54, 1.807) is 0 Å². The van der Waals surface area contributed by atoms with Gasteiger partial charge in [0.15, 0.2) is 34.9 Å². The Kier molecular flexibility index (Phi) is 14.1. The summed E-state index contributed by atoms with van der Waals surface area (Å²) >= 11 is 0. The minimum atomic E-state index is 0.575. The Morgan fingerprint density at radius 1 is 0.158 bits per heavy atom. The van der Waals surface area contributed by atoms with Crippen LogP contribution in [0.4, 0.5) is 0 Å². The predicted octanol–water partition coefficient (Wildman–Crippen LogP) is 27.7. The molecule has 10 nitrogen and oxygen atoms in total. The molecule has 26 rings (SSSR count). The van der Waals surface area contributed by atoms with E-state index in [2.05, 4.69) is 382 Å². The van der Waals surface area contributed by atoms with E-state index < -0.39 is 0 Å². The molecule has 2 aliphatic rings. The van der Waals surface area contributed by atoms with Gasteiger partial charge in [-0.15, -0.1) is 0 Å². The Balaban J connectivity index is 0.620. The van der Waals surface area contributed by atoms with Gasteiger partial charge in [0.05, 0.1) is 61.2 Å². The van der Waals surface area contributed by atoms with Crippen LogP contribution in [-0.2, 0) is 0 Å². The summed E-state index contributed by atoms with van der Waals surface area (Å²) in [5, 5.41) is 13.8. The van der Waals surface area contributed by atoms with Crippen molar-refractivity contribution in [1.29, 1.82) is 0 Å². The van der Waals surface area contributed by atoms with Gasteiger partial charge in [-0.05, 0) is 152 Å². The quantitative estimate of drug-likeness (QED) is 0.143. The summed E-state index contributed by atoms with van der Waals surface area (Å²) in [5.41, 5.74) is 30.7. The number of benzene rings is 18. The number of fused-ring (bicyclic) bond motifs is 24. The fourth-order valence-electron chi connectivity index (χ4n) is 19.8. The fraction of sp³-hybridized carbons (Fsp3) is 0. The highest BCUT2D eigenvalue weighted by Gasteiger charge is 2.31. The van der Waals surface area contributed by atoms with Gasteiger partial charge in [-0.25, -0.2) is 29.9 Å². The molecule has 0 aliphatic carbocycles. The Labute approximate surface area is 687 Å². The zero-order valence-electron chi connectivity index (χ0n) is 64.4. The lowest BCUT2D eigenvalue weighted by Crippen LogP contribution is -2.03. The highest BCUT2D eigenvalue weighted by molar-refractivity contribution is 6.25. The second kappa shape index (κ2) is 25.6. The molecule has 0 saturated heterocycles. The van der Waals surface area contributed by atoms with Crippen LogP contribution in [0.25, 0.3) is 255 Å². The third kappa shape index (κ3) is 9.78. The molecule has 0 bridgehead atoms. The Morgan fingerprint density at radius 3 is 1.19 bits per heavy atom. The average molecular weight is 1530 g/mol. The van der Waals surface area contributed by atoms with E-state index in [-0.39, 0.29) is 0 Å². The monoisotopic (exact) mass is 1520 g/mol. The molecule has 2 aliphatic heterocycles. The van der Waals surface area contributed by atoms with E-state index >= 15 is 0 Å². The molecule has 0 saturated carbocycles. The van der Waals surface area contributed by atoms with Crippen molar-refractivity contribution in [2.75, 3.05) is 0 Å².